The molecule has 0 fully saturated rings. The number of benzene rings is 1. The normalized spacial score (nSPS) is 10.8. The van der Waals surface area contributed by atoms with Crippen LogP contribution in [0.1, 0.15) is 22.4 Å². The van der Waals surface area contributed by atoms with Gasteiger partial charge in [0.15, 0.2) is 0 Å². The monoisotopic (exact) mass is 285 g/mol. The van der Waals surface area contributed by atoms with E-state index in [0.29, 0.717) is 10.7 Å². The molecular formula is C16H19N3S. The SMILES string of the molecule is Cc1ccccc1CN(C)Cc1ccnc(C(N)=S)c1. The van der Waals surface area contributed by atoms with Gasteiger partial charge in [0.2, 0.25) is 0 Å². The largest absolute Gasteiger partial charge is 0.388 e. The summed E-state index contributed by atoms with van der Waals surface area (Å²) in [5.74, 6) is 0. The molecule has 0 spiro atoms. The van der Waals surface area contributed by atoms with Crippen LogP contribution in [0.4, 0.5) is 0 Å². The van der Waals surface area contributed by atoms with Gasteiger partial charge in [0, 0.05) is 19.3 Å². The highest BCUT2D eigenvalue weighted by molar-refractivity contribution is 7.80. The summed E-state index contributed by atoms with van der Waals surface area (Å²) < 4.78 is 0. The molecule has 0 saturated heterocycles. The van der Waals surface area contributed by atoms with E-state index in [0.717, 1.165) is 13.1 Å². The van der Waals surface area contributed by atoms with Crippen LogP contribution in [0.3, 0.4) is 0 Å². The van der Waals surface area contributed by atoms with Crippen molar-refractivity contribution in [3.05, 3.63) is 65.0 Å². The lowest BCUT2D eigenvalue weighted by atomic mass is 10.1. The molecule has 104 valence electrons. The molecule has 0 radical (unpaired) electrons. The van der Waals surface area contributed by atoms with E-state index in [-0.39, 0.29) is 0 Å². The highest BCUT2D eigenvalue weighted by Crippen LogP contribution is 2.12. The molecule has 0 unspecified atom stereocenters. The van der Waals surface area contributed by atoms with Crippen molar-refractivity contribution in [1.29, 1.82) is 0 Å². The maximum Gasteiger partial charge on any atom is 0.122 e. The predicted molar refractivity (Wildman–Crippen MR) is 86.5 cm³/mol. The maximum atomic E-state index is 5.61. The summed E-state index contributed by atoms with van der Waals surface area (Å²) in [5, 5.41) is 0. The number of rotatable bonds is 5. The molecule has 0 bridgehead atoms. The van der Waals surface area contributed by atoms with Gasteiger partial charge in [-0.15, -0.1) is 0 Å². The van der Waals surface area contributed by atoms with Crippen LogP contribution in [0.5, 0.6) is 0 Å². The first kappa shape index (κ1) is 14.6. The van der Waals surface area contributed by atoms with Crippen LogP contribution < -0.4 is 5.73 Å². The molecule has 3 nitrogen and oxygen atoms in total. The highest BCUT2D eigenvalue weighted by Gasteiger charge is 2.05. The number of nitrogens with zero attached hydrogens (tertiary/aromatic N) is 2. The maximum absolute atomic E-state index is 5.61. The third kappa shape index (κ3) is 3.85. The molecule has 2 N–H and O–H groups in total. The fraction of sp³-hybridized carbons (Fsp3) is 0.250. The van der Waals surface area contributed by atoms with E-state index in [4.69, 9.17) is 18.0 Å². The Balaban J connectivity index is 2.05. The predicted octanol–water partition coefficient (Wildman–Crippen LogP) is 2.66. The number of hydrogen-bond donors (Lipinski definition) is 1. The average Bonchev–Trinajstić information content (AvgIpc) is 2.41. The summed E-state index contributed by atoms with van der Waals surface area (Å²) in [4.78, 5) is 6.77. The third-order valence-corrected chi connectivity index (χ3v) is 3.44. The summed E-state index contributed by atoms with van der Waals surface area (Å²) in [7, 11) is 2.10. The summed E-state index contributed by atoms with van der Waals surface area (Å²) in [6, 6.07) is 12.4. The minimum absolute atomic E-state index is 0.341. The molecule has 20 heavy (non-hydrogen) atoms. The number of pyridine rings is 1. The number of thiocarbonyl (C=S) groups is 1. The second-order valence-corrected chi connectivity index (χ2v) is 5.45. The van der Waals surface area contributed by atoms with Crippen molar-refractivity contribution < 1.29 is 0 Å². The van der Waals surface area contributed by atoms with Gasteiger partial charge in [-0.05, 0) is 42.8 Å². The molecule has 0 aliphatic heterocycles. The van der Waals surface area contributed by atoms with E-state index < -0.39 is 0 Å². The van der Waals surface area contributed by atoms with Crippen molar-refractivity contribution >= 4 is 17.2 Å². The van der Waals surface area contributed by atoms with Gasteiger partial charge in [-0.2, -0.15) is 0 Å². The molecule has 0 aliphatic carbocycles. The van der Waals surface area contributed by atoms with Crippen molar-refractivity contribution in [2.24, 2.45) is 5.73 Å². The van der Waals surface area contributed by atoms with E-state index in [1.807, 2.05) is 12.1 Å². The van der Waals surface area contributed by atoms with Crippen molar-refractivity contribution in [1.82, 2.24) is 9.88 Å². The van der Waals surface area contributed by atoms with Crippen molar-refractivity contribution in [2.75, 3.05) is 7.05 Å². The molecule has 0 amide bonds. The topological polar surface area (TPSA) is 42.2 Å². The van der Waals surface area contributed by atoms with Crippen LogP contribution in [-0.4, -0.2) is 21.9 Å². The van der Waals surface area contributed by atoms with Gasteiger partial charge in [0.25, 0.3) is 0 Å². The molecule has 0 aliphatic rings. The Morgan fingerprint density at radius 1 is 1.25 bits per heavy atom. The number of nitrogens with two attached hydrogens (primary N) is 1. The Morgan fingerprint density at radius 3 is 2.70 bits per heavy atom. The van der Waals surface area contributed by atoms with Crippen LogP contribution in [0, 0.1) is 6.92 Å². The smallest absolute Gasteiger partial charge is 0.122 e. The van der Waals surface area contributed by atoms with Crippen LogP contribution in [-0.2, 0) is 13.1 Å². The zero-order valence-corrected chi connectivity index (χ0v) is 12.7. The lowest BCUT2D eigenvalue weighted by molar-refractivity contribution is 0.318. The van der Waals surface area contributed by atoms with E-state index in [1.165, 1.54) is 16.7 Å². The van der Waals surface area contributed by atoms with Crippen molar-refractivity contribution in [2.45, 2.75) is 20.0 Å². The zero-order valence-electron chi connectivity index (χ0n) is 11.8. The van der Waals surface area contributed by atoms with Crippen molar-refractivity contribution in [3.63, 3.8) is 0 Å². The Morgan fingerprint density at radius 2 is 2.00 bits per heavy atom. The standard InChI is InChI=1S/C16H19N3S/c1-12-5-3-4-6-14(12)11-19(2)10-13-7-8-18-15(9-13)16(17)20/h3-9H,10-11H2,1-2H3,(H2,17,20). The second-order valence-electron chi connectivity index (χ2n) is 5.01. The quantitative estimate of drug-likeness (QED) is 0.858. The Hall–Kier alpha value is -1.78. The number of aryl methyl sites for hydroxylation is 1. The van der Waals surface area contributed by atoms with Crippen molar-refractivity contribution in [3.8, 4) is 0 Å². The Bertz CT molecular complexity index is 610. The van der Waals surface area contributed by atoms with Gasteiger partial charge >= 0.3 is 0 Å². The molecular weight excluding hydrogens is 266 g/mol. The van der Waals surface area contributed by atoms with Gasteiger partial charge in [0.1, 0.15) is 4.99 Å². The number of aromatic nitrogens is 1. The minimum Gasteiger partial charge on any atom is -0.388 e. The lowest BCUT2D eigenvalue weighted by Crippen LogP contribution is -2.19. The summed E-state index contributed by atoms with van der Waals surface area (Å²) in [6.07, 6.45) is 1.76. The fourth-order valence-electron chi connectivity index (χ4n) is 2.15. The van der Waals surface area contributed by atoms with E-state index in [9.17, 15) is 0 Å². The Labute approximate surface area is 125 Å². The number of hydrogen-bond acceptors (Lipinski definition) is 3. The van der Waals surface area contributed by atoms with Crippen LogP contribution in [0.25, 0.3) is 0 Å². The molecule has 1 aromatic carbocycles. The highest BCUT2D eigenvalue weighted by atomic mass is 32.1. The first-order chi connectivity index (χ1) is 9.56. The first-order valence-corrected chi connectivity index (χ1v) is 6.95. The molecule has 1 heterocycles. The van der Waals surface area contributed by atoms with Gasteiger partial charge in [-0.25, -0.2) is 0 Å². The zero-order chi connectivity index (χ0) is 14.5. The van der Waals surface area contributed by atoms with E-state index >= 15 is 0 Å². The van der Waals surface area contributed by atoms with Gasteiger partial charge in [-0.3, -0.25) is 9.88 Å². The molecule has 1 aromatic heterocycles. The fourth-order valence-corrected chi connectivity index (χ4v) is 2.26. The van der Waals surface area contributed by atoms with E-state index in [2.05, 4.69) is 48.1 Å². The lowest BCUT2D eigenvalue weighted by Gasteiger charge is -2.18. The Kier molecular flexibility index (Phi) is 4.82. The summed E-state index contributed by atoms with van der Waals surface area (Å²) in [6.45, 7) is 3.89. The van der Waals surface area contributed by atoms with Gasteiger partial charge < -0.3 is 5.73 Å². The summed E-state index contributed by atoms with van der Waals surface area (Å²) >= 11 is 4.96. The third-order valence-electron chi connectivity index (χ3n) is 3.23. The minimum atomic E-state index is 0.341. The molecule has 2 rings (SSSR count). The molecule has 0 saturated carbocycles. The van der Waals surface area contributed by atoms with E-state index in [1.54, 1.807) is 6.20 Å². The summed E-state index contributed by atoms with van der Waals surface area (Å²) in [5.41, 5.74) is 10.1. The van der Waals surface area contributed by atoms with Crippen LogP contribution >= 0.6 is 12.2 Å². The van der Waals surface area contributed by atoms with Gasteiger partial charge in [0.05, 0.1) is 5.69 Å². The molecule has 0 atom stereocenters. The van der Waals surface area contributed by atoms with Gasteiger partial charge in [-0.1, -0.05) is 36.5 Å². The second kappa shape index (κ2) is 6.59. The average molecular weight is 285 g/mol. The van der Waals surface area contributed by atoms with Crippen LogP contribution in [0.15, 0.2) is 42.6 Å². The first-order valence-electron chi connectivity index (χ1n) is 6.54. The molecule has 2 aromatic rings. The van der Waals surface area contributed by atoms with Crippen LogP contribution in [0.2, 0.25) is 0 Å². The molecule has 4 heteroatoms.